The van der Waals surface area contributed by atoms with Gasteiger partial charge in [0.1, 0.15) is 0 Å². The Balaban J connectivity index is 2.99. The first-order chi connectivity index (χ1) is 8.06. The van der Waals surface area contributed by atoms with E-state index < -0.39 is 0 Å². The van der Waals surface area contributed by atoms with E-state index in [-0.39, 0.29) is 0 Å². The first-order valence-corrected chi connectivity index (χ1v) is 6.49. The molecule has 0 amide bonds. The van der Waals surface area contributed by atoms with Gasteiger partial charge in [-0.3, -0.25) is 0 Å². The molecule has 0 saturated carbocycles. The summed E-state index contributed by atoms with van der Waals surface area (Å²) >= 11 is 0. The predicted octanol–water partition coefficient (Wildman–Crippen LogP) is 1.82. The van der Waals surface area contributed by atoms with Gasteiger partial charge in [0, 0.05) is 13.2 Å². The average molecular weight is 247 g/mol. The van der Waals surface area contributed by atoms with Crippen molar-refractivity contribution in [1.29, 1.82) is 0 Å². The van der Waals surface area contributed by atoms with E-state index in [2.05, 4.69) is 20.8 Å². The highest BCUT2D eigenvalue weighted by atomic mass is 16.5. The lowest BCUT2D eigenvalue weighted by atomic mass is 9.91. The van der Waals surface area contributed by atoms with Crippen LogP contribution in [0.5, 0.6) is 0 Å². The van der Waals surface area contributed by atoms with Crippen molar-refractivity contribution in [2.75, 3.05) is 46.2 Å². The summed E-state index contributed by atoms with van der Waals surface area (Å²) in [6.45, 7) is 11.3. The van der Waals surface area contributed by atoms with Crippen LogP contribution < -0.4 is 5.73 Å². The summed E-state index contributed by atoms with van der Waals surface area (Å²) in [6.07, 6.45) is 2.31. The maximum atomic E-state index is 5.47. The molecule has 0 fully saturated rings. The smallest absolute Gasteiger partial charge is 0.0701 e. The van der Waals surface area contributed by atoms with Gasteiger partial charge in [-0.25, -0.2) is 0 Å². The number of hydrogen-bond acceptors (Lipinski definition) is 4. The van der Waals surface area contributed by atoms with E-state index in [0.29, 0.717) is 45.0 Å². The zero-order chi connectivity index (χ0) is 13.0. The van der Waals surface area contributed by atoms with Gasteiger partial charge in [-0.2, -0.15) is 0 Å². The number of rotatable bonds is 11. The van der Waals surface area contributed by atoms with Crippen LogP contribution >= 0.6 is 0 Å². The van der Waals surface area contributed by atoms with E-state index in [1.807, 2.05) is 0 Å². The predicted molar refractivity (Wildman–Crippen MR) is 70.2 cm³/mol. The van der Waals surface area contributed by atoms with Gasteiger partial charge in [-0.05, 0) is 18.3 Å². The van der Waals surface area contributed by atoms with E-state index in [4.69, 9.17) is 19.9 Å². The maximum absolute atomic E-state index is 5.47. The molecule has 0 aromatic carbocycles. The molecule has 0 aliphatic carbocycles. The lowest BCUT2D eigenvalue weighted by molar-refractivity contribution is 0.0144. The quantitative estimate of drug-likeness (QED) is 0.566. The minimum atomic E-state index is 0.403. The Morgan fingerprint density at radius 3 is 1.71 bits per heavy atom. The summed E-state index contributed by atoms with van der Waals surface area (Å²) in [4.78, 5) is 0. The third-order valence-corrected chi connectivity index (χ3v) is 2.22. The minimum absolute atomic E-state index is 0.403. The molecule has 0 bridgehead atoms. The standard InChI is InChI=1S/C13H29NO3/c1-13(2,3)5-4-7-15-9-11-17-12-10-16-8-6-14/h4-12,14H2,1-3H3. The molecule has 0 unspecified atom stereocenters. The largest absolute Gasteiger partial charge is 0.379 e. The highest BCUT2D eigenvalue weighted by Gasteiger charge is 2.08. The molecule has 0 aliphatic rings. The molecule has 4 nitrogen and oxygen atoms in total. The molecule has 0 heterocycles. The van der Waals surface area contributed by atoms with Gasteiger partial charge in [0.15, 0.2) is 0 Å². The SMILES string of the molecule is CC(C)(C)CCCOCCOCCOCCN. The van der Waals surface area contributed by atoms with Crippen molar-refractivity contribution in [2.24, 2.45) is 11.1 Å². The van der Waals surface area contributed by atoms with E-state index in [1.165, 1.54) is 6.42 Å². The summed E-state index contributed by atoms with van der Waals surface area (Å²) in [6, 6.07) is 0. The minimum Gasteiger partial charge on any atom is -0.379 e. The van der Waals surface area contributed by atoms with Gasteiger partial charge < -0.3 is 19.9 Å². The summed E-state index contributed by atoms with van der Waals surface area (Å²) < 4.78 is 16.0. The first kappa shape index (κ1) is 16.8. The van der Waals surface area contributed by atoms with Gasteiger partial charge in [0.25, 0.3) is 0 Å². The Morgan fingerprint density at radius 2 is 1.24 bits per heavy atom. The Bertz CT molecular complexity index is 157. The van der Waals surface area contributed by atoms with Gasteiger partial charge in [0.05, 0.1) is 33.0 Å². The van der Waals surface area contributed by atoms with Crippen LogP contribution in [-0.2, 0) is 14.2 Å². The third kappa shape index (κ3) is 15.8. The van der Waals surface area contributed by atoms with Gasteiger partial charge in [-0.1, -0.05) is 20.8 Å². The maximum Gasteiger partial charge on any atom is 0.0701 e. The fourth-order valence-corrected chi connectivity index (χ4v) is 1.33. The van der Waals surface area contributed by atoms with Crippen molar-refractivity contribution < 1.29 is 14.2 Å². The summed E-state index contributed by atoms with van der Waals surface area (Å²) in [7, 11) is 0. The number of ether oxygens (including phenoxy) is 3. The van der Waals surface area contributed by atoms with Crippen LogP contribution in [0.2, 0.25) is 0 Å². The Kier molecular flexibility index (Phi) is 10.9. The van der Waals surface area contributed by atoms with E-state index in [9.17, 15) is 0 Å². The van der Waals surface area contributed by atoms with E-state index in [0.717, 1.165) is 13.0 Å². The van der Waals surface area contributed by atoms with E-state index >= 15 is 0 Å². The Morgan fingerprint density at radius 1 is 0.765 bits per heavy atom. The van der Waals surface area contributed by atoms with Gasteiger partial charge >= 0.3 is 0 Å². The van der Waals surface area contributed by atoms with Crippen LogP contribution in [0.1, 0.15) is 33.6 Å². The molecule has 104 valence electrons. The fourth-order valence-electron chi connectivity index (χ4n) is 1.33. The molecule has 4 heteroatoms. The molecular formula is C13H29NO3. The zero-order valence-corrected chi connectivity index (χ0v) is 11.7. The summed E-state index contributed by atoms with van der Waals surface area (Å²) in [5.74, 6) is 0. The van der Waals surface area contributed by atoms with Crippen LogP contribution in [0.4, 0.5) is 0 Å². The second-order valence-electron chi connectivity index (χ2n) is 5.29. The monoisotopic (exact) mass is 247 g/mol. The Hall–Kier alpha value is -0.160. The molecule has 0 aromatic rings. The molecule has 0 radical (unpaired) electrons. The van der Waals surface area contributed by atoms with Crippen molar-refractivity contribution in [2.45, 2.75) is 33.6 Å². The van der Waals surface area contributed by atoms with Crippen LogP contribution in [0.3, 0.4) is 0 Å². The molecule has 17 heavy (non-hydrogen) atoms. The molecule has 0 saturated heterocycles. The van der Waals surface area contributed by atoms with Crippen molar-refractivity contribution in [3.63, 3.8) is 0 Å². The lowest BCUT2D eigenvalue weighted by Crippen LogP contribution is -2.14. The molecule has 2 N–H and O–H groups in total. The van der Waals surface area contributed by atoms with Crippen molar-refractivity contribution in [1.82, 2.24) is 0 Å². The third-order valence-electron chi connectivity index (χ3n) is 2.22. The Labute approximate surface area is 106 Å². The summed E-state index contributed by atoms with van der Waals surface area (Å²) in [5, 5.41) is 0. The summed E-state index contributed by atoms with van der Waals surface area (Å²) in [5.41, 5.74) is 5.69. The molecule has 0 aromatic heterocycles. The van der Waals surface area contributed by atoms with Gasteiger partial charge in [-0.15, -0.1) is 0 Å². The molecule has 0 atom stereocenters. The fraction of sp³-hybridized carbons (Fsp3) is 1.00. The average Bonchev–Trinajstić information content (AvgIpc) is 2.24. The van der Waals surface area contributed by atoms with Gasteiger partial charge in [0.2, 0.25) is 0 Å². The van der Waals surface area contributed by atoms with Crippen LogP contribution in [0.25, 0.3) is 0 Å². The molecule has 0 rings (SSSR count). The number of hydrogen-bond donors (Lipinski definition) is 1. The molecular weight excluding hydrogens is 218 g/mol. The molecule has 0 spiro atoms. The first-order valence-electron chi connectivity index (χ1n) is 6.49. The number of nitrogens with two attached hydrogens (primary N) is 1. The topological polar surface area (TPSA) is 53.7 Å². The highest BCUT2D eigenvalue weighted by molar-refractivity contribution is 4.60. The van der Waals surface area contributed by atoms with Crippen molar-refractivity contribution >= 4 is 0 Å². The normalized spacial score (nSPS) is 12.0. The van der Waals surface area contributed by atoms with Crippen LogP contribution in [-0.4, -0.2) is 46.2 Å². The van der Waals surface area contributed by atoms with Crippen molar-refractivity contribution in [3.8, 4) is 0 Å². The van der Waals surface area contributed by atoms with Crippen molar-refractivity contribution in [3.05, 3.63) is 0 Å². The lowest BCUT2D eigenvalue weighted by Gasteiger charge is -2.17. The highest BCUT2D eigenvalue weighted by Crippen LogP contribution is 2.20. The van der Waals surface area contributed by atoms with E-state index in [1.54, 1.807) is 0 Å². The van der Waals surface area contributed by atoms with Crippen LogP contribution in [0, 0.1) is 5.41 Å². The zero-order valence-electron chi connectivity index (χ0n) is 11.7. The second-order valence-corrected chi connectivity index (χ2v) is 5.29. The second kappa shape index (κ2) is 11.0. The molecule has 0 aliphatic heterocycles. The van der Waals surface area contributed by atoms with Crippen LogP contribution in [0.15, 0.2) is 0 Å².